The van der Waals surface area contributed by atoms with Crippen molar-refractivity contribution in [2.45, 2.75) is 31.7 Å². The first-order valence-corrected chi connectivity index (χ1v) is 5.97. The molecule has 5 nitrogen and oxygen atoms in total. The molecule has 0 bridgehead atoms. The Balaban J connectivity index is 2.00. The molecule has 0 spiro atoms. The summed E-state index contributed by atoms with van der Waals surface area (Å²) < 4.78 is 21.5. The fourth-order valence-electron chi connectivity index (χ4n) is 1.52. The van der Waals surface area contributed by atoms with Gasteiger partial charge in [-0.15, -0.1) is 0 Å². The molecule has 1 unspecified atom stereocenters. The van der Waals surface area contributed by atoms with Crippen molar-refractivity contribution in [3.8, 4) is 0 Å². The second kappa shape index (κ2) is 4.30. The van der Waals surface area contributed by atoms with Crippen LogP contribution in [0.2, 0.25) is 0 Å². The van der Waals surface area contributed by atoms with E-state index < -0.39 is 12.6 Å². The lowest BCUT2D eigenvalue weighted by Crippen LogP contribution is -2.29. The highest BCUT2D eigenvalue weighted by Gasteiger charge is 2.53. The normalized spacial score (nSPS) is 41.1. The topological polar surface area (TPSA) is 54.0 Å². The quantitative estimate of drug-likeness (QED) is 0.430. The average Bonchev–Trinajstić information content (AvgIpc) is 2.68. The minimum Gasteiger partial charge on any atom is -0.457 e. The zero-order chi connectivity index (χ0) is 10.1. The maximum Gasteiger partial charge on any atom is 0.338 e. The predicted octanol–water partition coefficient (Wildman–Crippen LogP) is 0.451. The van der Waals surface area contributed by atoms with E-state index in [1.807, 2.05) is 6.92 Å². The van der Waals surface area contributed by atoms with E-state index in [-0.39, 0.29) is 18.2 Å². The number of alkyl halides is 1. The van der Waals surface area contributed by atoms with E-state index in [4.69, 9.17) is 18.9 Å². The highest BCUT2D eigenvalue weighted by molar-refractivity contribution is 14.1. The second-order valence-corrected chi connectivity index (χ2v) is 3.91. The predicted molar refractivity (Wildman–Crippen MR) is 53.9 cm³/mol. The second-order valence-electron chi connectivity index (χ2n) is 3.03. The number of esters is 1. The summed E-state index contributed by atoms with van der Waals surface area (Å²) >= 11 is 2.15. The lowest BCUT2D eigenvalue weighted by Gasteiger charge is -2.14. The standard InChI is InChI=1S/C8H11IO5/c1-2-11-8-13-5-4(3-9)12-7(10)6(5)14-8/h4-6,8H,2-3H2,1H3/t4-,5-,6-,8?/m1/s1. The number of hydrogen-bond acceptors (Lipinski definition) is 5. The van der Waals surface area contributed by atoms with Crippen molar-refractivity contribution in [1.29, 1.82) is 0 Å². The first-order chi connectivity index (χ1) is 6.76. The van der Waals surface area contributed by atoms with Crippen molar-refractivity contribution in [3.63, 3.8) is 0 Å². The Hall–Kier alpha value is 0.0800. The molecule has 0 N–H and O–H groups in total. The highest BCUT2D eigenvalue weighted by atomic mass is 127. The Labute approximate surface area is 95.2 Å². The number of rotatable bonds is 3. The van der Waals surface area contributed by atoms with Crippen LogP contribution in [-0.2, 0) is 23.7 Å². The molecule has 0 saturated carbocycles. The van der Waals surface area contributed by atoms with E-state index in [0.29, 0.717) is 11.0 Å². The summed E-state index contributed by atoms with van der Waals surface area (Å²) in [5, 5.41) is 0. The van der Waals surface area contributed by atoms with Crippen LogP contribution in [0, 0.1) is 0 Å². The minimum absolute atomic E-state index is 0.210. The molecule has 2 aliphatic rings. The van der Waals surface area contributed by atoms with Gasteiger partial charge in [0.15, 0.2) is 6.10 Å². The van der Waals surface area contributed by atoms with Crippen LogP contribution in [0.3, 0.4) is 0 Å². The van der Waals surface area contributed by atoms with Crippen molar-refractivity contribution in [1.82, 2.24) is 0 Å². The van der Waals surface area contributed by atoms with Crippen molar-refractivity contribution in [3.05, 3.63) is 0 Å². The van der Waals surface area contributed by atoms with Crippen LogP contribution in [0.25, 0.3) is 0 Å². The Bertz CT molecular complexity index is 234. The maximum atomic E-state index is 11.3. The number of cyclic esters (lactones) is 1. The van der Waals surface area contributed by atoms with Gasteiger partial charge in [0.05, 0.1) is 0 Å². The first kappa shape index (κ1) is 10.6. The van der Waals surface area contributed by atoms with Gasteiger partial charge in [0.25, 0.3) is 6.48 Å². The number of hydrogen-bond donors (Lipinski definition) is 0. The molecule has 2 fully saturated rings. The van der Waals surface area contributed by atoms with Crippen LogP contribution < -0.4 is 0 Å². The van der Waals surface area contributed by atoms with Gasteiger partial charge in [-0.05, 0) is 6.92 Å². The molecule has 0 radical (unpaired) electrons. The average molecular weight is 314 g/mol. The molecule has 0 amide bonds. The molecule has 2 aliphatic heterocycles. The molecule has 80 valence electrons. The van der Waals surface area contributed by atoms with Crippen LogP contribution >= 0.6 is 22.6 Å². The maximum absolute atomic E-state index is 11.3. The molecular weight excluding hydrogens is 303 g/mol. The van der Waals surface area contributed by atoms with Crippen LogP contribution in [0.15, 0.2) is 0 Å². The monoisotopic (exact) mass is 314 g/mol. The van der Waals surface area contributed by atoms with Gasteiger partial charge in [-0.1, -0.05) is 22.6 Å². The molecule has 2 rings (SSSR count). The van der Waals surface area contributed by atoms with Gasteiger partial charge in [0, 0.05) is 11.0 Å². The minimum atomic E-state index is -0.715. The van der Waals surface area contributed by atoms with Crippen LogP contribution in [0.4, 0.5) is 0 Å². The SMILES string of the molecule is CCOC1O[C@@H]2[C@@H](CI)OC(=O)[C@@H]2O1. The van der Waals surface area contributed by atoms with Crippen molar-refractivity contribution < 1.29 is 23.7 Å². The fraction of sp³-hybridized carbons (Fsp3) is 0.875. The van der Waals surface area contributed by atoms with E-state index >= 15 is 0 Å². The summed E-state index contributed by atoms with van der Waals surface area (Å²) in [6, 6.07) is 0. The van der Waals surface area contributed by atoms with Crippen molar-refractivity contribution in [2.75, 3.05) is 11.0 Å². The van der Waals surface area contributed by atoms with E-state index in [0.717, 1.165) is 0 Å². The first-order valence-electron chi connectivity index (χ1n) is 4.45. The summed E-state index contributed by atoms with van der Waals surface area (Å²) in [7, 11) is 0. The number of fused-ring (bicyclic) bond motifs is 1. The number of carbonyl (C=O) groups excluding carboxylic acids is 1. The lowest BCUT2D eigenvalue weighted by atomic mass is 10.2. The van der Waals surface area contributed by atoms with Gasteiger partial charge in [0.1, 0.15) is 12.2 Å². The molecule has 0 aromatic heterocycles. The molecule has 4 atom stereocenters. The van der Waals surface area contributed by atoms with Crippen LogP contribution in [0.5, 0.6) is 0 Å². The summed E-state index contributed by atoms with van der Waals surface area (Å²) in [5.74, 6) is -0.348. The third-order valence-corrected chi connectivity index (χ3v) is 3.01. The Kier molecular flexibility index (Phi) is 3.25. The number of halogens is 1. The summed E-state index contributed by atoms with van der Waals surface area (Å²) in [6.07, 6.45) is -1.12. The number of carbonyl (C=O) groups is 1. The third kappa shape index (κ3) is 1.75. The molecule has 14 heavy (non-hydrogen) atoms. The Morgan fingerprint density at radius 1 is 1.50 bits per heavy atom. The van der Waals surface area contributed by atoms with Gasteiger partial charge in [-0.2, -0.15) is 0 Å². The molecular formula is C8H11IO5. The molecule has 0 aliphatic carbocycles. The molecule has 0 aromatic rings. The highest BCUT2D eigenvalue weighted by Crippen LogP contribution is 2.31. The Morgan fingerprint density at radius 2 is 2.29 bits per heavy atom. The molecule has 6 heteroatoms. The van der Waals surface area contributed by atoms with Crippen molar-refractivity contribution in [2.24, 2.45) is 0 Å². The molecule has 2 heterocycles. The van der Waals surface area contributed by atoms with E-state index in [1.165, 1.54) is 0 Å². The van der Waals surface area contributed by atoms with E-state index in [1.54, 1.807) is 0 Å². The molecule has 0 aromatic carbocycles. The van der Waals surface area contributed by atoms with Gasteiger partial charge in [-0.25, -0.2) is 4.79 Å². The smallest absolute Gasteiger partial charge is 0.338 e. The van der Waals surface area contributed by atoms with Gasteiger partial charge < -0.3 is 18.9 Å². The molecule has 2 saturated heterocycles. The van der Waals surface area contributed by atoms with Crippen molar-refractivity contribution >= 4 is 28.6 Å². The van der Waals surface area contributed by atoms with E-state index in [2.05, 4.69) is 22.6 Å². The van der Waals surface area contributed by atoms with Gasteiger partial charge in [0.2, 0.25) is 0 Å². The largest absolute Gasteiger partial charge is 0.457 e. The lowest BCUT2D eigenvalue weighted by molar-refractivity contribution is -0.251. The van der Waals surface area contributed by atoms with Crippen LogP contribution in [0.1, 0.15) is 6.92 Å². The van der Waals surface area contributed by atoms with Crippen LogP contribution in [-0.4, -0.2) is 41.8 Å². The zero-order valence-electron chi connectivity index (χ0n) is 7.64. The van der Waals surface area contributed by atoms with Gasteiger partial charge in [-0.3, -0.25) is 0 Å². The summed E-state index contributed by atoms with van der Waals surface area (Å²) in [6.45, 7) is 1.62. The number of ether oxygens (including phenoxy) is 4. The van der Waals surface area contributed by atoms with E-state index in [9.17, 15) is 4.79 Å². The zero-order valence-corrected chi connectivity index (χ0v) is 9.80. The fourth-order valence-corrected chi connectivity index (χ4v) is 2.20. The summed E-state index contributed by atoms with van der Waals surface area (Å²) in [4.78, 5) is 11.3. The summed E-state index contributed by atoms with van der Waals surface area (Å²) in [5.41, 5.74) is 0. The van der Waals surface area contributed by atoms with Gasteiger partial charge >= 0.3 is 5.97 Å². The Morgan fingerprint density at radius 3 is 2.93 bits per heavy atom. The third-order valence-electron chi connectivity index (χ3n) is 2.15.